The van der Waals surface area contributed by atoms with E-state index in [1.807, 2.05) is 30.3 Å². The van der Waals surface area contributed by atoms with Crippen LogP contribution in [0.25, 0.3) is 0 Å². The van der Waals surface area contributed by atoms with Gasteiger partial charge in [-0.2, -0.15) is 5.26 Å². The third-order valence-corrected chi connectivity index (χ3v) is 3.19. The molecule has 2 aromatic rings. The Balaban J connectivity index is 1.92. The van der Waals surface area contributed by atoms with Gasteiger partial charge in [0.1, 0.15) is 11.8 Å². The third-order valence-electron chi connectivity index (χ3n) is 2.47. The molecule has 0 atom stereocenters. The van der Waals surface area contributed by atoms with E-state index >= 15 is 0 Å². The summed E-state index contributed by atoms with van der Waals surface area (Å²) in [5, 5.41) is 13.5. The highest BCUT2D eigenvalue weighted by atomic mass is 32.1. The number of nitriles is 1. The van der Waals surface area contributed by atoms with Gasteiger partial charge < -0.3 is 15.0 Å². The summed E-state index contributed by atoms with van der Waals surface area (Å²) < 4.78 is 5.34. The molecule has 0 unspecified atom stereocenters. The Labute approximate surface area is 114 Å². The minimum absolute atomic E-state index is 0.0366. The summed E-state index contributed by atoms with van der Waals surface area (Å²) in [7, 11) is 0. The van der Waals surface area contributed by atoms with Crippen molar-refractivity contribution in [1.82, 2.24) is 10.3 Å². The molecule has 0 aliphatic rings. The number of hydrogen-bond donors (Lipinski definition) is 2. The molecule has 0 spiro atoms. The predicted molar refractivity (Wildman–Crippen MR) is 73.0 cm³/mol. The zero-order valence-electron chi connectivity index (χ0n) is 10.2. The van der Waals surface area contributed by atoms with E-state index in [-0.39, 0.29) is 11.5 Å². The molecule has 0 bridgehead atoms. The largest absolute Gasteiger partial charge is 0.478 e. The number of aromatic amines is 1. The van der Waals surface area contributed by atoms with Gasteiger partial charge in [0.2, 0.25) is 0 Å². The standard InChI is InChI=1S/C13H13N3O2S/c14-5-6-18-12-4-2-1-3-10(12)7-15-8-11-9-19-13(17)16-11/h1-4,9,15H,6-8H2,(H,16,17). The SMILES string of the molecule is N#CCOc1ccccc1CNCc1csc(=O)[nH]1. The average Bonchev–Trinajstić information content (AvgIpc) is 2.83. The van der Waals surface area contributed by atoms with Crippen molar-refractivity contribution in [3.63, 3.8) is 0 Å². The van der Waals surface area contributed by atoms with E-state index in [0.29, 0.717) is 18.8 Å². The average molecular weight is 275 g/mol. The molecule has 2 rings (SSSR count). The van der Waals surface area contributed by atoms with Crippen molar-refractivity contribution >= 4 is 11.3 Å². The van der Waals surface area contributed by atoms with Crippen LogP contribution in [0, 0.1) is 11.3 Å². The van der Waals surface area contributed by atoms with E-state index < -0.39 is 0 Å². The Bertz CT molecular complexity index is 627. The van der Waals surface area contributed by atoms with E-state index in [0.717, 1.165) is 22.6 Å². The highest BCUT2D eigenvalue weighted by Gasteiger charge is 2.03. The molecule has 0 saturated heterocycles. The van der Waals surface area contributed by atoms with E-state index in [4.69, 9.17) is 10.00 Å². The lowest BCUT2D eigenvalue weighted by atomic mass is 10.2. The number of para-hydroxylation sites is 1. The van der Waals surface area contributed by atoms with Crippen LogP contribution in [0.2, 0.25) is 0 Å². The van der Waals surface area contributed by atoms with Gasteiger partial charge in [0, 0.05) is 29.7 Å². The second kappa shape index (κ2) is 6.73. The molecule has 0 radical (unpaired) electrons. The molecule has 19 heavy (non-hydrogen) atoms. The number of nitrogens with one attached hydrogen (secondary N) is 2. The first-order valence-corrected chi connectivity index (χ1v) is 6.62. The summed E-state index contributed by atoms with van der Waals surface area (Å²) in [6.07, 6.45) is 0. The van der Waals surface area contributed by atoms with Gasteiger partial charge in [-0.15, -0.1) is 0 Å². The normalized spacial score (nSPS) is 10.1. The van der Waals surface area contributed by atoms with E-state index in [2.05, 4.69) is 10.3 Å². The van der Waals surface area contributed by atoms with Gasteiger partial charge in [-0.05, 0) is 6.07 Å². The van der Waals surface area contributed by atoms with Crippen LogP contribution in [0.15, 0.2) is 34.4 Å². The summed E-state index contributed by atoms with van der Waals surface area (Å²) in [4.78, 5) is 13.7. The number of ether oxygens (including phenoxy) is 1. The van der Waals surface area contributed by atoms with Crippen molar-refractivity contribution in [2.24, 2.45) is 0 Å². The minimum atomic E-state index is -0.0467. The molecule has 0 aliphatic carbocycles. The monoisotopic (exact) mass is 275 g/mol. The first kappa shape index (κ1) is 13.3. The molecule has 5 nitrogen and oxygen atoms in total. The summed E-state index contributed by atoms with van der Waals surface area (Å²) in [5.41, 5.74) is 1.85. The second-order valence-electron chi connectivity index (χ2n) is 3.83. The zero-order chi connectivity index (χ0) is 13.5. The molecule has 98 valence electrons. The van der Waals surface area contributed by atoms with Crippen LogP contribution in [0.3, 0.4) is 0 Å². The van der Waals surface area contributed by atoms with Crippen LogP contribution >= 0.6 is 11.3 Å². The number of hydrogen-bond acceptors (Lipinski definition) is 5. The lowest BCUT2D eigenvalue weighted by Crippen LogP contribution is -2.14. The van der Waals surface area contributed by atoms with E-state index in [9.17, 15) is 4.79 Å². The number of aromatic nitrogens is 1. The highest BCUT2D eigenvalue weighted by molar-refractivity contribution is 7.07. The number of H-pyrrole nitrogens is 1. The van der Waals surface area contributed by atoms with Crippen molar-refractivity contribution in [3.05, 3.63) is 50.6 Å². The van der Waals surface area contributed by atoms with Gasteiger partial charge in [-0.1, -0.05) is 29.5 Å². The topological polar surface area (TPSA) is 77.9 Å². The van der Waals surface area contributed by atoms with E-state index in [1.165, 1.54) is 0 Å². The summed E-state index contributed by atoms with van der Waals surface area (Å²) in [6.45, 7) is 1.24. The molecular weight excluding hydrogens is 262 g/mol. The van der Waals surface area contributed by atoms with Crippen molar-refractivity contribution in [2.75, 3.05) is 6.61 Å². The summed E-state index contributed by atoms with van der Waals surface area (Å²) in [5.74, 6) is 0.704. The van der Waals surface area contributed by atoms with Gasteiger partial charge in [0.15, 0.2) is 6.61 Å². The Kier molecular flexibility index (Phi) is 4.72. The summed E-state index contributed by atoms with van der Waals surface area (Å²) in [6, 6.07) is 9.51. The lowest BCUT2D eigenvalue weighted by Gasteiger charge is -2.09. The fourth-order valence-electron chi connectivity index (χ4n) is 1.63. The fourth-order valence-corrected chi connectivity index (χ4v) is 2.21. The molecule has 0 fully saturated rings. The lowest BCUT2D eigenvalue weighted by molar-refractivity contribution is 0.362. The maximum atomic E-state index is 11.0. The fraction of sp³-hybridized carbons (Fsp3) is 0.231. The van der Waals surface area contributed by atoms with Crippen molar-refractivity contribution in [3.8, 4) is 11.8 Å². The van der Waals surface area contributed by atoms with E-state index in [1.54, 1.807) is 5.38 Å². The van der Waals surface area contributed by atoms with Crippen molar-refractivity contribution in [2.45, 2.75) is 13.1 Å². The second-order valence-corrected chi connectivity index (χ2v) is 4.67. The van der Waals surface area contributed by atoms with Crippen LogP contribution in [0.4, 0.5) is 0 Å². The van der Waals surface area contributed by atoms with Crippen LogP contribution < -0.4 is 14.9 Å². The van der Waals surface area contributed by atoms with Gasteiger partial charge in [0.05, 0.1) is 0 Å². The molecule has 6 heteroatoms. The van der Waals surface area contributed by atoms with Crippen molar-refractivity contribution in [1.29, 1.82) is 5.26 Å². The van der Waals surface area contributed by atoms with Crippen LogP contribution in [-0.2, 0) is 13.1 Å². The molecule has 0 saturated carbocycles. The Morgan fingerprint density at radius 3 is 2.95 bits per heavy atom. The third kappa shape index (κ3) is 3.95. The molecule has 1 heterocycles. The quantitative estimate of drug-likeness (QED) is 0.840. The first-order valence-electron chi connectivity index (χ1n) is 5.74. The molecule has 0 aliphatic heterocycles. The molecule has 2 N–H and O–H groups in total. The number of thiazole rings is 1. The Morgan fingerprint density at radius 2 is 2.21 bits per heavy atom. The first-order chi connectivity index (χ1) is 9.29. The highest BCUT2D eigenvalue weighted by Crippen LogP contribution is 2.17. The summed E-state index contributed by atoms with van der Waals surface area (Å²) >= 11 is 1.15. The number of nitrogens with zero attached hydrogens (tertiary/aromatic N) is 1. The van der Waals surface area contributed by atoms with Gasteiger partial charge in [0.25, 0.3) is 0 Å². The number of benzene rings is 1. The molecule has 0 amide bonds. The molecule has 1 aromatic heterocycles. The maximum absolute atomic E-state index is 11.0. The van der Waals surface area contributed by atoms with Crippen LogP contribution in [0.5, 0.6) is 5.75 Å². The zero-order valence-corrected chi connectivity index (χ0v) is 11.0. The molecule has 1 aromatic carbocycles. The predicted octanol–water partition coefficient (Wildman–Crippen LogP) is 1.63. The maximum Gasteiger partial charge on any atom is 0.304 e. The molecular formula is C13H13N3O2S. The van der Waals surface area contributed by atoms with Gasteiger partial charge in [-0.25, -0.2) is 0 Å². The van der Waals surface area contributed by atoms with Gasteiger partial charge in [-0.3, -0.25) is 4.79 Å². The number of rotatable bonds is 6. The minimum Gasteiger partial charge on any atom is -0.478 e. The van der Waals surface area contributed by atoms with Crippen LogP contribution in [0.1, 0.15) is 11.3 Å². The van der Waals surface area contributed by atoms with Crippen LogP contribution in [-0.4, -0.2) is 11.6 Å². The smallest absolute Gasteiger partial charge is 0.304 e. The Hall–Kier alpha value is -2.10. The van der Waals surface area contributed by atoms with Gasteiger partial charge >= 0.3 is 4.87 Å². The van der Waals surface area contributed by atoms with Crippen molar-refractivity contribution < 1.29 is 4.74 Å². The Morgan fingerprint density at radius 1 is 1.37 bits per heavy atom.